The van der Waals surface area contributed by atoms with E-state index in [0.29, 0.717) is 12.0 Å². The standard InChI is InChI=1S/C16H27NO/c1-6-14(17)8-7-11(2)16-12(3)9-15(18-5)10-13(16)4/h9-11,14H,6-8,17H2,1-5H3. The summed E-state index contributed by atoms with van der Waals surface area (Å²) in [5, 5.41) is 0. The predicted molar refractivity (Wildman–Crippen MR) is 78.4 cm³/mol. The highest BCUT2D eigenvalue weighted by atomic mass is 16.5. The van der Waals surface area contributed by atoms with Crippen molar-refractivity contribution in [2.24, 2.45) is 5.73 Å². The SMILES string of the molecule is CCC(N)CCC(C)c1c(C)cc(OC)cc1C. The third-order valence-electron chi connectivity index (χ3n) is 3.79. The lowest BCUT2D eigenvalue weighted by Gasteiger charge is -2.20. The van der Waals surface area contributed by atoms with Crippen LogP contribution in [0, 0.1) is 13.8 Å². The van der Waals surface area contributed by atoms with E-state index in [1.165, 1.54) is 16.7 Å². The Morgan fingerprint density at radius 2 is 1.72 bits per heavy atom. The zero-order valence-corrected chi connectivity index (χ0v) is 12.4. The molecule has 1 aromatic carbocycles. The van der Waals surface area contributed by atoms with Crippen molar-refractivity contribution >= 4 is 0 Å². The number of hydrogen-bond acceptors (Lipinski definition) is 2. The zero-order valence-electron chi connectivity index (χ0n) is 12.4. The molecule has 1 aromatic rings. The van der Waals surface area contributed by atoms with Crippen molar-refractivity contribution in [3.8, 4) is 5.75 Å². The molecule has 0 saturated heterocycles. The van der Waals surface area contributed by atoms with Gasteiger partial charge in [-0.2, -0.15) is 0 Å². The van der Waals surface area contributed by atoms with Gasteiger partial charge in [0.25, 0.3) is 0 Å². The number of ether oxygens (including phenoxy) is 1. The first-order valence-electron chi connectivity index (χ1n) is 6.90. The second-order valence-electron chi connectivity index (χ2n) is 5.32. The maximum atomic E-state index is 6.00. The van der Waals surface area contributed by atoms with Crippen LogP contribution in [-0.4, -0.2) is 13.2 Å². The Morgan fingerprint density at radius 1 is 1.17 bits per heavy atom. The molecule has 0 spiro atoms. The van der Waals surface area contributed by atoms with Crippen LogP contribution in [0.3, 0.4) is 0 Å². The summed E-state index contributed by atoms with van der Waals surface area (Å²) in [6.07, 6.45) is 3.32. The molecule has 0 amide bonds. The average molecular weight is 249 g/mol. The lowest BCUT2D eigenvalue weighted by atomic mass is 9.87. The Hall–Kier alpha value is -1.02. The molecule has 0 aliphatic heterocycles. The van der Waals surface area contributed by atoms with Gasteiger partial charge in [-0.15, -0.1) is 0 Å². The summed E-state index contributed by atoms with van der Waals surface area (Å²) >= 11 is 0. The van der Waals surface area contributed by atoms with Gasteiger partial charge in [-0.3, -0.25) is 0 Å². The van der Waals surface area contributed by atoms with Gasteiger partial charge in [0.15, 0.2) is 0 Å². The lowest BCUT2D eigenvalue weighted by molar-refractivity contribution is 0.413. The Labute approximate surface area is 112 Å². The van der Waals surface area contributed by atoms with Crippen LogP contribution in [0.1, 0.15) is 55.7 Å². The Bertz CT molecular complexity index is 364. The van der Waals surface area contributed by atoms with Gasteiger partial charge in [0.1, 0.15) is 5.75 Å². The molecule has 0 fully saturated rings. The molecule has 0 aliphatic carbocycles. The maximum absolute atomic E-state index is 6.00. The first kappa shape index (κ1) is 15.0. The number of benzene rings is 1. The number of aryl methyl sites for hydroxylation is 2. The molecule has 0 saturated carbocycles. The molecule has 2 N–H and O–H groups in total. The molecule has 0 aromatic heterocycles. The molecule has 1 rings (SSSR count). The summed E-state index contributed by atoms with van der Waals surface area (Å²) in [5.74, 6) is 1.51. The van der Waals surface area contributed by atoms with Crippen LogP contribution in [0.5, 0.6) is 5.75 Å². The fourth-order valence-electron chi connectivity index (χ4n) is 2.64. The number of rotatable bonds is 6. The highest BCUT2D eigenvalue weighted by Gasteiger charge is 2.14. The van der Waals surface area contributed by atoms with E-state index >= 15 is 0 Å². The smallest absolute Gasteiger partial charge is 0.119 e. The summed E-state index contributed by atoms with van der Waals surface area (Å²) in [7, 11) is 1.72. The third-order valence-corrected chi connectivity index (χ3v) is 3.79. The van der Waals surface area contributed by atoms with Gasteiger partial charge in [-0.1, -0.05) is 13.8 Å². The van der Waals surface area contributed by atoms with Gasteiger partial charge in [0.2, 0.25) is 0 Å². The minimum atomic E-state index is 0.339. The fourth-order valence-corrected chi connectivity index (χ4v) is 2.64. The quantitative estimate of drug-likeness (QED) is 0.829. The van der Waals surface area contributed by atoms with Crippen molar-refractivity contribution in [2.75, 3.05) is 7.11 Å². The monoisotopic (exact) mass is 249 g/mol. The van der Waals surface area contributed by atoms with Crippen LogP contribution >= 0.6 is 0 Å². The van der Waals surface area contributed by atoms with Crippen LogP contribution in [0.25, 0.3) is 0 Å². The Balaban J connectivity index is 2.82. The molecule has 2 heteroatoms. The van der Waals surface area contributed by atoms with Crippen molar-refractivity contribution in [1.29, 1.82) is 0 Å². The molecule has 18 heavy (non-hydrogen) atoms. The van der Waals surface area contributed by atoms with E-state index in [1.807, 2.05) is 0 Å². The lowest BCUT2D eigenvalue weighted by Crippen LogP contribution is -2.19. The average Bonchev–Trinajstić information content (AvgIpc) is 2.34. The minimum absolute atomic E-state index is 0.339. The van der Waals surface area contributed by atoms with E-state index in [4.69, 9.17) is 10.5 Å². The van der Waals surface area contributed by atoms with Crippen LogP contribution in [0.2, 0.25) is 0 Å². The van der Waals surface area contributed by atoms with Crippen molar-refractivity contribution in [1.82, 2.24) is 0 Å². The van der Waals surface area contributed by atoms with Gasteiger partial charge in [0, 0.05) is 6.04 Å². The molecule has 2 atom stereocenters. The van der Waals surface area contributed by atoms with Gasteiger partial charge < -0.3 is 10.5 Å². The number of methoxy groups -OCH3 is 1. The number of nitrogens with two attached hydrogens (primary N) is 1. The van der Waals surface area contributed by atoms with Crippen molar-refractivity contribution in [3.63, 3.8) is 0 Å². The first-order chi connectivity index (χ1) is 8.49. The predicted octanol–water partition coefficient (Wildman–Crippen LogP) is 3.93. The third kappa shape index (κ3) is 3.74. The van der Waals surface area contributed by atoms with Crippen molar-refractivity contribution in [3.05, 3.63) is 28.8 Å². The van der Waals surface area contributed by atoms with E-state index in [1.54, 1.807) is 7.11 Å². The topological polar surface area (TPSA) is 35.2 Å². The summed E-state index contributed by atoms with van der Waals surface area (Å²) in [6, 6.07) is 4.59. The summed E-state index contributed by atoms with van der Waals surface area (Å²) in [4.78, 5) is 0. The molecule has 2 nitrogen and oxygen atoms in total. The minimum Gasteiger partial charge on any atom is -0.497 e. The van der Waals surface area contributed by atoms with Gasteiger partial charge in [-0.05, 0) is 67.9 Å². The van der Waals surface area contributed by atoms with E-state index in [-0.39, 0.29) is 0 Å². The van der Waals surface area contributed by atoms with Crippen LogP contribution in [-0.2, 0) is 0 Å². The van der Waals surface area contributed by atoms with Crippen LogP contribution in [0.15, 0.2) is 12.1 Å². The fraction of sp³-hybridized carbons (Fsp3) is 0.625. The largest absolute Gasteiger partial charge is 0.497 e. The molecule has 2 unspecified atom stereocenters. The molecule has 0 bridgehead atoms. The Kier molecular flexibility index (Phi) is 5.67. The highest BCUT2D eigenvalue weighted by molar-refractivity contribution is 5.42. The maximum Gasteiger partial charge on any atom is 0.119 e. The molecular formula is C16H27NO. The zero-order chi connectivity index (χ0) is 13.7. The van der Waals surface area contributed by atoms with Crippen molar-refractivity contribution in [2.45, 2.75) is 58.9 Å². The summed E-state index contributed by atoms with van der Waals surface area (Å²) in [5.41, 5.74) is 10.1. The van der Waals surface area contributed by atoms with Crippen LogP contribution in [0.4, 0.5) is 0 Å². The molecule has 0 radical (unpaired) electrons. The van der Waals surface area contributed by atoms with Crippen molar-refractivity contribution < 1.29 is 4.74 Å². The molecule has 102 valence electrons. The second-order valence-corrected chi connectivity index (χ2v) is 5.32. The first-order valence-corrected chi connectivity index (χ1v) is 6.90. The van der Waals surface area contributed by atoms with E-state index in [0.717, 1.165) is 25.0 Å². The Morgan fingerprint density at radius 3 is 2.17 bits per heavy atom. The summed E-state index contributed by atoms with van der Waals surface area (Å²) < 4.78 is 5.31. The second kappa shape index (κ2) is 6.79. The van der Waals surface area contributed by atoms with E-state index < -0.39 is 0 Å². The summed E-state index contributed by atoms with van der Waals surface area (Å²) in [6.45, 7) is 8.78. The van der Waals surface area contributed by atoms with E-state index in [9.17, 15) is 0 Å². The number of hydrogen-bond donors (Lipinski definition) is 1. The van der Waals surface area contributed by atoms with Crippen LogP contribution < -0.4 is 10.5 Å². The normalized spacial score (nSPS) is 14.3. The molecular weight excluding hydrogens is 222 g/mol. The molecule has 0 aliphatic rings. The van der Waals surface area contributed by atoms with E-state index in [2.05, 4.69) is 39.8 Å². The van der Waals surface area contributed by atoms with Gasteiger partial charge in [0.05, 0.1) is 7.11 Å². The van der Waals surface area contributed by atoms with Gasteiger partial charge in [-0.25, -0.2) is 0 Å². The van der Waals surface area contributed by atoms with Gasteiger partial charge >= 0.3 is 0 Å². The molecule has 0 heterocycles. The highest BCUT2D eigenvalue weighted by Crippen LogP contribution is 2.30.